The number of piperidine rings is 1. The third-order valence-electron chi connectivity index (χ3n) is 10.3. The van der Waals surface area contributed by atoms with Crippen LogP contribution in [0.25, 0.3) is 10.9 Å². The molecule has 9 nitrogen and oxygen atoms in total. The van der Waals surface area contributed by atoms with Gasteiger partial charge in [-0.25, -0.2) is 0 Å². The van der Waals surface area contributed by atoms with E-state index < -0.39 is 12.1 Å². The number of phenols is 1. The van der Waals surface area contributed by atoms with Crippen LogP contribution < -0.4 is 9.47 Å². The van der Waals surface area contributed by atoms with E-state index in [1.807, 2.05) is 12.1 Å². The van der Waals surface area contributed by atoms with E-state index in [4.69, 9.17) is 21.1 Å². The predicted octanol–water partition coefficient (Wildman–Crippen LogP) is 5.13. The third-order valence-corrected chi connectivity index (χ3v) is 10.6. The lowest BCUT2D eigenvalue weighted by molar-refractivity contribution is -0.136. The Labute approximate surface area is 271 Å². The van der Waals surface area contributed by atoms with Gasteiger partial charge in [0.2, 0.25) is 0 Å². The summed E-state index contributed by atoms with van der Waals surface area (Å²) in [5.74, 6) is 0.606. The van der Waals surface area contributed by atoms with Gasteiger partial charge in [0.15, 0.2) is 11.5 Å². The van der Waals surface area contributed by atoms with E-state index in [-0.39, 0.29) is 29.6 Å². The number of carboxylic acid groups (broad SMARTS) is 1. The second-order valence-corrected chi connectivity index (χ2v) is 13.0. The van der Waals surface area contributed by atoms with E-state index in [2.05, 4.69) is 18.0 Å². The minimum atomic E-state index is -0.955. The summed E-state index contributed by atoms with van der Waals surface area (Å²) in [6, 6.07) is 16.1. The maximum atomic E-state index is 13.0. The number of aromatic nitrogens is 1. The number of nitrogens with zero attached hydrogens (tertiary/aromatic N) is 2. The number of phenolic OH excluding ortho intramolecular Hbond substituents is 1. The Kier molecular flexibility index (Phi) is 7.38. The van der Waals surface area contributed by atoms with Gasteiger partial charge in [0.05, 0.1) is 19.0 Å². The number of aromatic hydroxyl groups is 1. The molecule has 10 heteroatoms. The second kappa shape index (κ2) is 11.2. The van der Waals surface area contributed by atoms with Gasteiger partial charge in [-0.3, -0.25) is 14.2 Å². The highest BCUT2D eigenvalue weighted by Gasteiger charge is 2.64. The molecular formula is C36H35ClN2O7. The van der Waals surface area contributed by atoms with Crippen molar-refractivity contribution in [2.24, 2.45) is 5.92 Å². The molecule has 0 radical (unpaired) electrons. The van der Waals surface area contributed by atoms with Gasteiger partial charge in [-0.2, -0.15) is 0 Å². The summed E-state index contributed by atoms with van der Waals surface area (Å²) in [7, 11) is 3.73. The number of hydrogen-bond acceptors (Lipinski definition) is 7. The number of methoxy groups -OCH3 is 1. The Bertz CT molecular complexity index is 1920. The van der Waals surface area contributed by atoms with Crippen LogP contribution >= 0.6 is 11.6 Å². The highest BCUT2D eigenvalue weighted by Crippen LogP contribution is 2.62. The Morgan fingerprint density at radius 1 is 1.11 bits per heavy atom. The average molecular weight is 643 g/mol. The fourth-order valence-electron chi connectivity index (χ4n) is 8.19. The SMILES string of the molecule is CN1CC[C@]23c4c5ccc(O)c4O[C@H]2[C@@H](O)C=C[C@H]3[C@H]1C5.COc1ccc2c(c1)c(CC(=O)O)c(C)n2C(=O)c1ccc(Cl)cc1. The molecule has 2 bridgehead atoms. The van der Waals surface area contributed by atoms with E-state index >= 15 is 0 Å². The predicted molar refractivity (Wildman–Crippen MR) is 173 cm³/mol. The van der Waals surface area contributed by atoms with Crippen LogP contribution in [-0.2, 0) is 23.1 Å². The average Bonchev–Trinajstić information content (AvgIpc) is 3.53. The zero-order valence-electron chi connectivity index (χ0n) is 25.7. The van der Waals surface area contributed by atoms with E-state index in [1.165, 1.54) is 15.7 Å². The third kappa shape index (κ3) is 4.52. The number of carbonyl (C=O) groups excluding carboxylic acids is 1. The molecule has 1 aromatic heterocycles. The number of hydrogen-bond donors (Lipinski definition) is 3. The number of aliphatic hydroxyl groups is 1. The monoisotopic (exact) mass is 642 g/mol. The summed E-state index contributed by atoms with van der Waals surface area (Å²) >= 11 is 5.89. The maximum absolute atomic E-state index is 13.0. The normalized spacial score (nSPS) is 25.3. The first-order valence-corrected chi connectivity index (χ1v) is 15.7. The van der Waals surface area contributed by atoms with Gasteiger partial charge < -0.3 is 29.7 Å². The van der Waals surface area contributed by atoms with Crippen molar-refractivity contribution in [1.29, 1.82) is 0 Å². The topological polar surface area (TPSA) is 121 Å². The van der Waals surface area contributed by atoms with Crippen LogP contribution in [0.1, 0.15) is 39.2 Å². The molecule has 0 unspecified atom stereocenters. The van der Waals surface area contributed by atoms with Crippen LogP contribution in [-0.4, -0.2) is 75.6 Å². The fraction of sp³-hybridized carbons (Fsp3) is 0.333. The second-order valence-electron chi connectivity index (χ2n) is 12.6. The first-order valence-electron chi connectivity index (χ1n) is 15.3. The molecular weight excluding hydrogens is 608 g/mol. The lowest BCUT2D eigenvalue weighted by atomic mass is 9.53. The van der Waals surface area contributed by atoms with Gasteiger partial charge in [0.1, 0.15) is 18.0 Å². The number of likely N-dealkylation sites (N-methyl/N-ethyl adjacent to an activating group) is 1. The van der Waals surface area contributed by atoms with Crippen molar-refractivity contribution in [3.05, 3.63) is 99.7 Å². The van der Waals surface area contributed by atoms with E-state index in [0.29, 0.717) is 56.2 Å². The minimum absolute atomic E-state index is 0.160. The first-order chi connectivity index (χ1) is 22.0. The van der Waals surface area contributed by atoms with Crippen LogP contribution in [0.15, 0.2) is 66.7 Å². The Morgan fingerprint density at radius 3 is 2.59 bits per heavy atom. The molecule has 2 aliphatic carbocycles. The van der Waals surface area contributed by atoms with Crippen molar-refractivity contribution >= 4 is 34.4 Å². The van der Waals surface area contributed by atoms with Crippen molar-refractivity contribution in [3.63, 3.8) is 0 Å². The van der Waals surface area contributed by atoms with Gasteiger partial charge in [-0.05, 0) is 93.0 Å². The van der Waals surface area contributed by atoms with Crippen LogP contribution in [0.2, 0.25) is 5.02 Å². The van der Waals surface area contributed by atoms with Crippen molar-refractivity contribution in [3.8, 4) is 17.2 Å². The molecule has 0 saturated carbocycles. The maximum Gasteiger partial charge on any atom is 0.307 e. The molecule has 4 aromatic rings. The number of fused-ring (bicyclic) bond motifs is 1. The lowest BCUT2D eigenvalue weighted by Gasteiger charge is -2.56. The summed E-state index contributed by atoms with van der Waals surface area (Å²) < 4.78 is 12.9. The molecule has 0 amide bonds. The smallest absolute Gasteiger partial charge is 0.307 e. The molecule has 1 saturated heterocycles. The van der Waals surface area contributed by atoms with Crippen molar-refractivity contribution in [2.75, 3.05) is 20.7 Å². The standard InChI is InChI=1S/C19H16ClNO4.C17H19NO3/c1-11-15(10-18(22)23)16-9-14(25-2)7-8-17(16)21(11)19(24)12-3-5-13(20)6-4-12;1-18-7-6-17-10-3-5-13(20)16(17)21-15-12(19)4-2-9(14(15)17)8-11(10)18/h3-9H,10H2,1-2H3,(H,22,23);2-5,10-11,13,16,19-20H,6-8H2,1H3/t;10-,11+,13-,16-,17-/m.0/s1. The Morgan fingerprint density at radius 2 is 1.87 bits per heavy atom. The van der Waals surface area contributed by atoms with Crippen LogP contribution in [0, 0.1) is 12.8 Å². The summed E-state index contributed by atoms with van der Waals surface area (Å²) in [6.07, 6.45) is 5.01. The number of aliphatic carboxylic acids is 1. The highest BCUT2D eigenvalue weighted by molar-refractivity contribution is 6.30. The zero-order chi connectivity index (χ0) is 32.5. The minimum Gasteiger partial charge on any atom is -0.504 e. The fourth-order valence-corrected chi connectivity index (χ4v) is 8.31. The van der Waals surface area contributed by atoms with Gasteiger partial charge in [0.25, 0.3) is 5.91 Å². The molecule has 8 rings (SSSR count). The first kappa shape index (κ1) is 30.3. The molecule has 4 aliphatic rings. The Hall–Kier alpha value is -4.31. The molecule has 1 fully saturated rings. The number of ether oxygens (including phenoxy) is 2. The van der Waals surface area contributed by atoms with Crippen LogP contribution in [0.5, 0.6) is 17.2 Å². The summed E-state index contributed by atoms with van der Waals surface area (Å²) in [6.45, 7) is 2.76. The largest absolute Gasteiger partial charge is 0.504 e. The highest BCUT2D eigenvalue weighted by atomic mass is 35.5. The quantitative estimate of drug-likeness (QED) is 0.262. The van der Waals surface area contributed by atoms with Crippen molar-refractivity contribution in [1.82, 2.24) is 9.47 Å². The molecule has 3 N–H and O–H groups in total. The van der Waals surface area contributed by atoms with Crippen LogP contribution in [0.3, 0.4) is 0 Å². The van der Waals surface area contributed by atoms with Gasteiger partial charge in [-0.15, -0.1) is 0 Å². The number of halogens is 1. The summed E-state index contributed by atoms with van der Waals surface area (Å²) in [5.41, 5.74) is 4.62. The van der Waals surface area contributed by atoms with Gasteiger partial charge in [-0.1, -0.05) is 29.8 Å². The summed E-state index contributed by atoms with van der Waals surface area (Å²) in [4.78, 5) is 26.7. The number of aliphatic hydroxyl groups excluding tert-OH is 1. The molecule has 1 spiro atoms. The molecule has 3 aromatic carbocycles. The molecule has 5 atom stereocenters. The zero-order valence-corrected chi connectivity index (χ0v) is 26.5. The molecule has 46 heavy (non-hydrogen) atoms. The van der Waals surface area contributed by atoms with Gasteiger partial charge >= 0.3 is 5.97 Å². The summed E-state index contributed by atoms with van der Waals surface area (Å²) in [5, 5.41) is 31.1. The van der Waals surface area contributed by atoms with E-state index in [9.17, 15) is 24.9 Å². The number of carboxylic acids is 1. The van der Waals surface area contributed by atoms with Crippen molar-refractivity contribution in [2.45, 2.75) is 49.9 Å². The van der Waals surface area contributed by atoms with Crippen LogP contribution in [0.4, 0.5) is 0 Å². The molecule has 238 valence electrons. The lowest BCUT2D eigenvalue weighted by Crippen LogP contribution is -2.64. The van der Waals surface area contributed by atoms with Gasteiger partial charge in [0, 0.05) is 44.6 Å². The molecule has 3 heterocycles. The number of benzene rings is 3. The van der Waals surface area contributed by atoms with E-state index in [1.54, 1.807) is 62.6 Å². The Balaban J connectivity index is 0.000000149. The number of carbonyl (C=O) groups is 2. The molecule has 2 aliphatic heterocycles. The van der Waals surface area contributed by atoms with Crippen molar-refractivity contribution < 1.29 is 34.4 Å². The van der Waals surface area contributed by atoms with E-state index in [0.717, 1.165) is 19.4 Å². The number of likely N-dealkylation sites (tertiary alicyclic amines) is 1. The number of rotatable bonds is 4.